The number of benzene rings is 2. The molecule has 3 aromatic rings. The van der Waals surface area contributed by atoms with Gasteiger partial charge in [-0.25, -0.2) is 0 Å². The van der Waals surface area contributed by atoms with Crippen LogP contribution in [0.15, 0.2) is 48.5 Å². The Labute approximate surface area is 173 Å². The maximum Gasteiger partial charge on any atom is 0.254 e. The molecule has 0 bridgehead atoms. The highest BCUT2D eigenvalue weighted by molar-refractivity contribution is 6.34. The fraction of sp³-hybridized carbons (Fsp3) is 0.250. The Kier molecular flexibility index (Phi) is 6.56. The number of rotatable bonds is 7. The van der Waals surface area contributed by atoms with Crippen LogP contribution in [0, 0.1) is 0 Å². The molecule has 29 heavy (non-hydrogen) atoms. The van der Waals surface area contributed by atoms with Gasteiger partial charge < -0.3 is 10.2 Å². The Balaban J connectivity index is 1.50. The number of amides is 2. The standard InChI is InChI=1S/C20H21ClN6O2/c1-26(2)20(29)16-11-10-15(13-17(16)21)22-18(28)9-6-12-27-24-19(23-25-27)14-7-4-3-5-8-14/h3-5,7-8,10-11,13H,6,9,12H2,1-2H3,(H,22,28). The number of nitrogens with zero attached hydrogens (tertiary/aromatic N) is 5. The van der Waals surface area contributed by atoms with E-state index in [0.29, 0.717) is 35.1 Å². The molecular weight excluding hydrogens is 392 g/mol. The van der Waals surface area contributed by atoms with Gasteiger partial charge in [0.2, 0.25) is 11.7 Å². The van der Waals surface area contributed by atoms with Gasteiger partial charge in [-0.15, -0.1) is 10.2 Å². The Morgan fingerprint density at radius 2 is 1.90 bits per heavy atom. The average molecular weight is 413 g/mol. The number of aromatic nitrogens is 4. The van der Waals surface area contributed by atoms with E-state index in [-0.39, 0.29) is 18.2 Å². The van der Waals surface area contributed by atoms with Crippen molar-refractivity contribution in [1.29, 1.82) is 0 Å². The van der Waals surface area contributed by atoms with Gasteiger partial charge in [0.25, 0.3) is 5.91 Å². The minimum atomic E-state index is -0.192. The third-order valence-electron chi connectivity index (χ3n) is 4.14. The molecule has 3 rings (SSSR count). The highest BCUT2D eigenvalue weighted by Crippen LogP contribution is 2.22. The van der Waals surface area contributed by atoms with Gasteiger partial charge in [-0.3, -0.25) is 9.59 Å². The van der Waals surface area contributed by atoms with Crippen molar-refractivity contribution >= 4 is 29.1 Å². The summed E-state index contributed by atoms with van der Waals surface area (Å²) in [5, 5.41) is 15.4. The number of carbonyl (C=O) groups excluding carboxylic acids is 2. The number of halogens is 1. The molecule has 8 nitrogen and oxygen atoms in total. The molecule has 2 amide bonds. The van der Waals surface area contributed by atoms with Crippen molar-refractivity contribution in [3.63, 3.8) is 0 Å². The average Bonchev–Trinajstić information content (AvgIpc) is 3.17. The Hall–Kier alpha value is -3.26. The zero-order valence-electron chi connectivity index (χ0n) is 16.2. The van der Waals surface area contributed by atoms with Crippen LogP contribution in [-0.2, 0) is 11.3 Å². The van der Waals surface area contributed by atoms with E-state index >= 15 is 0 Å². The molecule has 0 saturated carbocycles. The predicted octanol–water partition coefficient (Wildman–Crippen LogP) is 3.11. The Morgan fingerprint density at radius 3 is 2.59 bits per heavy atom. The molecule has 0 unspecified atom stereocenters. The summed E-state index contributed by atoms with van der Waals surface area (Å²) >= 11 is 6.16. The molecule has 0 saturated heterocycles. The first-order valence-corrected chi connectivity index (χ1v) is 9.46. The van der Waals surface area contributed by atoms with Crippen LogP contribution >= 0.6 is 11.6 Å². The van der Waals surface area contributed by atoms with E-state index in [0.717, 1.165) is 5.56 Å². The van der Waals surface area contributed by atoms with E-state index in [4.69, 9.17) is 11.6 Å². The van der Waals surface area contributed by atoms with E-state index in [1.165, 1.54) is 9.70 Å². The lowest BCUT2D eigenvalue weighted by Gasteiger charge is -2.12. The molecular formula is C20H21ClN6O2. The van der Waals surface area contributed by atoms with Crippen molar-refractivity contribution in [2.24, 2.45) is 0 Å². The maximum absolute atomic E-state index is 12.2. The SMILES string of the molecule is CN(C)C(=O)c1ccc(NC(=O)CCCn2nnc(-c3ccccc3)n2)cc1Cl. The lowest BCUT2D eigenvalue weighted by molar-refractivity contribution is -0.116. The van der Waals surface area contributed by atoms with Gasteiger partial charge in [0, 0.05) is 31.8 Å². The van der Waals surface area contributed by atoms with Gasteiger partial charge in [-0.1, -0.05) is 41.9 Å². The summed E-state index contributed by atoms with van der Waals surface area (Å²) in [6.45, 7) is 0.476. The molecule has 1 N–H and O–H groups in total. The smallest absolute Gasteiger partial charge is 0.254 e. The van der Waals surface area contributed by atoms with Gasteiger partial charge in [0.05, 0.1) is 17.1 Å². The summed E-state index contributed by atoms with van der Waals surface area (Å²) in [5.74, 6) is 0.205. The van der Waals surface area contributed by atoms with Crippen molar-refractivity contribution in [3.8, 4) is 11.4 Å². The number of hydrogen-bond acceptors (Lipinski definition) is 5. The molecule has 0 aliphatic carbocycles. The zero-order chi connectivity index (χ0) is 20.8. The first-order valence-electron chi connectivity index (χ1n) is 9.08. The highest BCUT2D eigenvalue weighted by atomic mass is 35.5. The number of aryl methyl sites for hydroxylation is 1. The number of hydrogen-bond donors (Lipinski definition) is 1. The molecule has 0 fully saturated rings. The number of carbonyl (C=O) groups is 2. The lowest BCUT2D eigenvalue weighted by atomic mass is 10.1. The molecule has 150 valence electrons. The number of nitrogens with one attached hydrogen (secondary N) is 1. The van der Waals surface area contributed by atoms with Gasteiger partial charge in [-0.05, 0) is 29.8 Å². The summed E-state index contributed by atoms with van der Waals surface area (Å²) in [4.78, 5) is 27.1. The normalized spacial score (nSPS) is 10.6. The van der Waals surface area contributed by atoms with Crippen LogP contribution in [0.4, 0.5) is 5.69 Å². The molecule has 0 spiro atoms. The van der Waals surface area contributed by atoms with Crippen LogP contribution in [0.5, 0.6) is 0 Å². The Morgan fingerprint density at radius 1 is 1.14 bits per heavy atom. The largest absolute Gasteiger partial charge is 0.345 e. The number of anilines is 1. The quantitative estimate of drug-likeness (QED) is 0.643. The van der Waals surface area contributed by atoms with E-state index in [9.17, 15) is 9.59 Å². The van der Waals surface area contributed by atoms with Crippen molar-refractivity contribution < 1.29 is 9.59 Å². The molecule has 0 radical (unpaired) electrons. The van der Waals surface area contributed by atoms with Crippen LogP contribution in [0.3, 0.4) is 0 Å². The summed E-state index contributed by atoms with van der Waals surface area (Å²) in [5.41, 5.74) is 1.83. The van der Waals surface area contributed by atoms with E-state index in [1.807, 2.05) is 30.3 Å². The van der Waals surface area contributed by atoms with Crippen LogP contribution in [0.2, 0.25) is 5.02 Å². The summed E-state index contributed by atoms with van der Waals surface area (Å²) in [6.07, 6.45) is 0.847. The fourth-order valence-electron chi connectivity index (χ4n) is 2.65. The molecule has 0 atom stereocenters. The lowest BCUT2D eigenvalue weighted by Crippen LogP contribution is -2.22. The molecule has 1 heterocycles. The van der Waals surface area contributed by atoms with Crippen LogP contribution in [0.25, 0.3) is 11.4 Å². The second-order valence-electron chi connectivity index (χ2n) is 6.62. The summed E-state index contributed by atoms with van der Waals surface area (Å²) in [6, 6.07) is 14.4. The fourth-order valence-corrected chi connectivity index (χ4v) is 2.91. The molecule has 2 aromatic carbocycles. The van der Waals surface area contributed by atoms with Crippen LogP contribution in [0.1, 0.15) is 23.2 Å². The van der Waals surface area contributed by atoms with E-state index < -0.39 is 0 Å². The third-order valence-corrected chi connectivity index (χ3v) is 4.45. The first kappa shape index (κ1) is 20.5. The monoisotopic (exact) mass is 412 g/mol. The zero-order valence-corrected chi connectivity index (χ0v) is 16.9. The van der Waals surface area contributed by atoms with Crippen LogP contribution in [-0.4, -0.2) is 51.0 Å². The summed E-state index contributed by atoms with van der Waals surface area (Å²) < 4.78 is 0. The second kappa shape index (κ2) is 9.29. The molecule has 0 aliphatic rings. The maximum atomic E-state index is 12.2. The van der Waals surface area contributed by atoms with Crippen LogP contribution < -0.4 is 5.32 Å². The van der Waals surface area contributed by atoms with Crippen molar-refractivity contribution in [2.75, 3.05) is 19.4 Å². The first-order chi connectivity index (χ1) is 13.9. The summed E-state index contributed by atoms with van der Waals surface area (Å²) in [7, 11) is 3.31. The predicted molar refractivity (Wildman–Crippen MR) is 111 cm³/mol. The molecule has 1 aromatic heterocycles. The van der Waals surface area contributed by atoms with Crippen molar-refractivity contribution in [3.05, 3.63) is 59.1 Å². The van der Waals surface area contributed by atoms with E-state index in [2.05, 4.69) is 20.7 Å². The minimum Gasteiger partial charge on any atom is -0.345 e. The van der Waals surface area contributed by atoms with Crippen molar-refractivity contribution in [2.45, 2.75) is 19.4 Å². The van der Waals surface area contributed by atoms with Gasteiger partial charge in [0.1, 0.15) is 0 Å². The topological polar surface area (TPSA) is 93.0 Å². The molecule has 9 heteroatoms. The highest BCUT2D eigenvalue weighted by Gasteiger charge is 2.13. The molecule has 0 aliphatic heterocycles. The van der Waals surface area contributed by atoms with Gasteiger partial charge >= 0.3 is 0 Å². The third kappa shape index (κ3) is 5.39. The van der Waals surface area contributed by atoms with Gasteiger partial charge in [0.15, 0.2) is 0 Å². The minimum absolute atomic E-state index is 0.156. The number of tetrazole rings is 1. The van der Waals surface area contributed by atoms with Gasteiger partial charge in [-0.2, -0.15) is 4.80 Å². The van der Waals surface area contributed by atoms with E-state index in [1.54, 1.807) is 32.3 Å². The second-order valence-corrected chi connectivity index (χ2v) is 7.03. The Bertz CT molecular complexity index is 1000. The van der Waals surface area contributed by atoms with Crippen molar-refractivity contribution in [1.82, 2.24) is 25.1 Å².